The van der Waals surface area contributed by atoms with E-state index in [2.05, 4.69) is 26.1 Å². The van der Waals surface area contributed by atoms with Crippen LogP contribution in [0.3, 0.4) is 0 Å². The molecule has 0 atom stereocenters. The number of carbonyl (C=O) groups excluding carboxylic acids is 2. The lowest BCUT2D eigenvalue weighted by molar-refractivity contribution is -0.137. The minimum atomic E-state index is -4.67. The highest BCUT2D eigenvalue weighted by Crippen LogP contribution is 2.34. The summed E-state index contributed by atoms with van der Waals surface area (Å²) < 4.78 is 46.6. The van der Waals surface area contributed by atoms with Gasteiger partial charge in [0.1, 0.15) is 6.54 Å². The maximum Gasteiger partial charge on any atom is 0.416 e. The lowest BCUT2D eigenvalue weighted by Crippen LogP contribution is -2.35. The number of hydrogen-bond acceptors (Lipinski definition) is 8. The first-order valence-corrected chi connectivity index (χ1v) is 12.1. The summed E-state index contributed by atoms with van der Waals surface area (Å²) in [6.07, 6.45) is -3.45. The number of hydrogen-bond donors (Lipinski definition) is 4. The van der Waals surface area contributed by atoms with Crippen molar-refractivity contribution in [2.24, 2.45) is 0 Å². The third-order valence-corrected chi connectivity index (χ3v) is 5.68. The van der Waals surface area contributed by atoms with Gasteiger partial charge in [0, 0.05) is 30.8 Å². The molecular weight excluding hydrogens is 531 g/mol. The average Bonchev–Trinajstić information content (AvgIpc) is 3.25. The Balaban J connectivity index is 1.61. The van der Waals surface area contributed by atoms with E-state index in [9.17, 15) is 27.6 Å². The molecule has 0 spiro atoms. The number of halogens is 3. The molecule has 4 aromatic rings. The maximum absolute atomic E-state index is 13.4. The molecule has 4 rings (SSSR count). The first-order valence-electron chi connectivity index (χ1n) is 12.1. The summed E-state index contributed by atoms with van der Waals surface area (Å²) >= 11 is 0. The monoisotopic (exact) mass is 557 g/mol. The second kappa shape index (κ2) is 11.1. The normalized spacial score (nSPS) is 11.6. The smallest absolute Gasteiger partial charge is 0.399 e. The van der Waals surface area contributed by atoms with Gasteiger partial charge in [0.25, 0.3) is 5.56 Å². The van der Waals surface area contributed by atoms with Gasteiger partial charge >= 0.3 is 6.18 Å². The number of nitrogen functional groups attached to an aromatic ring is 1. The van der Waals surface area contributed by atoms with Crippen LogP contribution in [0.2, 0.25) is 0 Å². The Labute approximate surface area is 225 Å². The molecule has 5 N–H and O–H groups in total. The molecule has 2 heterocycles. The number of nitrogens with zero attached hydrogens (tertiary/aromatic N) is 3. The molecule has 0 saturated carbocycles. The summed E-state index contributed by atoms with van der Waals surface area (Å²) in [5, 5.41) is 12.5. The van der Waals surface area contributed by atoms with Gasteiger partial charge in [0.2, 0.25) is 11.8 Å². The van der Waals surface area contributed by atoms with Gasteiger partial charge in [0.05, 0.1) is 22.8 Å². The van der Waals surface area contributed by atoms with Crippen LogP contribution in [0.15, 0.2) is 51.9 Å². The van der Waals surface area contributed by atoms with Crippen molar-refractivity contribution >= 4 is 40.1 Å². The summed E-state index contributed by atoms with van der Waals surface area (Å²) in [7, 11) is 0. The zero-order valence-corrected chi connectivity index (χ0v) is 21.7. The van der Waals surface area contributed by atoms with Crippen LogP contribution < -0.4 is 27.2 Å². The van der Waals surface area contributed by atoms with Crippen LogP contribution >= 0.6 is 0 Å². The Morgan fingerprint density at radius 1 is 1.12 bits per heavy atom. The van der Waals surface area contributed by atoms with Crippen molar-refractivity contribution < 1.29 is 27.3 Å². The number of nitrogens with two attached hydrogens (primary N) is 1. The highest BCUT2D eigenvalue weighted by Gasteiger charge is 2.31. The summed E-state index contributed by atoms with van der Waals surface area (Å²) in [6.45, 7) is 4.45. The predicted molar refractivity (Wildman–Crippen MR) is 142 cm³/mol. The molecule has 0 aliphatic rings. The van der Waals surface area contributed by atoms with Crippen molar-refractivity contribution in [3.63, 3.8) is 0 Å². The van der Waals surface area contributed by atoms with Crippen LogP contribution in [0.1, 0.15) is 31.9 Å². The molecule has 0 aliphatic carbocycles. The minimum absolute atomic E-state index is 0.0131. The van der Waals surface area contributed by atoms with Gasteiger partial charge in [-0.15, -0.1) is 0 Å². The molecule has 2 amide bonds. The summed E-state index contributed by atoms with van der Waals surface area (Å²) in [5.41, 5.74) is 4.86. The van der Waals surface area contributed by atoms with E-state index in [1.807, 2.05) is 0 Å². The molecule has 11 nitrogen and oxygen atoms in total. The number of amides is 2. The zero-order valence-electron chi connectivity index (χ0n) is 21.7. The molecule has 0 bridgehead atoms. The molecule has 2 aromatic heterocycles. The molecule has 14 heteroatoms. The van der Waals surface area contributed by atoms with Gasteiger partial charge in [0.15, 0.2) is 17.2 Å². The highest BCUT2D eigenvalue weighted by atomic mass is 19.4. The van der Waals surface area contributed by atoms with E-state index >= 15 is 0 Å². The van der Waals surface area contributed by atoms with Crippen LogP contribution in [0.5, 0.6) is 0 Å². The quantitative estimate of drug-likeness (QED) is 0.239. The largest absolute Gasteiger partial charge is 0.416 e. The highest BCUT2D eigenvalue weighted by molar-refractivity contribution is 5.98. The predicted octanol–water partition coefficient (Wildman–Crippen LogP) is 3.75. The Kier molecular flexibility index (Phi) is 7.79. The lowest BCUT2D eigenvalue weighted by Gasteiger charge is -2.17. The number of alkyl halides is 3. The summed E-state index contributed by atoms with van der Waals surface area (Å²) in [5.74, 6) is -0.681. The molecule has 0 unspecified atom stereocenters. The maximum atomic E-state index is 13.4. The number of anilines is 3. The van der Waals surface area contributed by atoms with E-state index in [4.69, 9.17) is 10.3 Å². The second-order valence-corrected chi connectivity index (χ2v) is 9.34. The number of nitrogens with one attached hydrogen (secondary N) is 3. The van der Waals surface area contributed by atoms with Crippen LogP contribution in [0, 0.1) is 0 Å². The number of aromatic nitrogens is 3. The second-order valence-electron chi connectivity index (χ2n) is 9.34. The van der Waals surface area contributed by atoms with Gasteiger partial charge in [-0.05, 0) is 49.7 Å². The Bertz CT molecular complexity index is 1640. The fourth-order valence-electron chi connectivity index (χ4n) is 3.96. The van der Waals surface area contributed by atoms with E-state index in [-0.39, 0.29) is 47.1 Å². The third kappa shape index (κ3) is 6.39. The fraction of sp³-hybridized carbons (Fsp3) is 0.269. The molecule has 0 saturated heterocycles. The van der Waals surface area contributed by atoms with Crippen LogP contribution in [0.25, 0.3) is 22.2 Å². The van der Waals surface area contributed by atoms with Gasteiger partial charge in [-0.3, -0.25) is 19.0 Å². The standard InChI is InChI=1S/C26H26F3N7O4/c1-13(2)33-24-25(39)36(20(11-32-24)16-7-17(26(27,28)29)9-18(30)8-16)12-22(38)31-10-15-4-5-19-21(6-15)40-35-23(19)34-14(3)37/h4-9,11,13H,10,12,30H2,1-3H3,(H,31,38)(H,32,33)(H,34,35,37). The van der Waals surface area contributed by atoms with Crippen molar-refractivity contribution in [1.29, 1.82) is 0 Å². The van der Waals surface area contributed by atoms with Crippen LogP contribution in [-0.4, -0.2) is 32.6 Å². The van der Waals surface area contributed by atoms with E-state index in [1.54, 1.807) is 32.0 Å². The molecular formula is C26H26F3N7O4. The SMILES string of the molecule is CC(=O)Nc1noc2cc(CNC(=O)Cn3c(-c4cc(N)cc(C(F)(F)F)c4)cnc(NC(C)C)c3=O)ccc12. The van der Waals surface area contributed by atoms with Crippen molar-refractivity contribution in [2.45, 2.75) is 46.1 Å². The van der Waals surface area contributed by atoms with E-state index in [1.165, 1.54) is 19.2 Å². The van der Waals surface area contributed by atoms with Crippen molar-refractivity contribution in [3.8, 4) is 11.3 Å². The van der Waals surface area contributed by atoms with Crippen LogP contribution in [0.4, 0.5) is 30.5 Å². The van der Waals surface area contributed by atoms with E-state index in [0.717, 1.165) is 16.7 Å². The van der Waals surface area contributed by atoms with E-state index < -0.39 is 29.8 Å². The molecule has 0 fully saturated rings. The Hall–Kier alpha value is -4.88. The number of rotatable bonds is 8. The third-order valence-electron chi connectivity index (χ3n) is 5.68. The van der Waals surface area contributed by atoms with Gasteiger partial charge in [-0.25, -0.2) is 4.98 Å². The molecule has 40 heavy (non-hydrogen) atoms. The van der Waals surface area contributed by atoms with Crippen LogP contribution in [-0.2, 0) is 28.9 Å². The Morgan fingerprint density at radius 3 is 2.55 bits per heavy atom. The molecule has 2 aromatic carbocycles. The number of carbonyl (C=O) groups is 2. The lowest BCUT2D eigenvalue weighted by atomic mass is 10.1. The molecule has 210 valence electrons. The van der Waals surface area contributed by atoms with Crippen molar-refractivity contribution in [3.05, 3.63) is 64.1 Å². The van der Waals surface area contributed by atoms with Gasteiger partial charge in [-0.1, -0.05) is 11.2 Å². The van der Waals surface area contributed by atoms with Crippen molar-refractivity contribution in [2.75, 3.05) is 16.4 Å². The molecule has 0 radical (unpaired) electrons. The number of benzene rings is 2. The van der Waals surface area contributed by atoms with Gasteiger partial charge in [-0.2, -0.15) is 13.2 Å². The average molecular weight is 558 g/mol. The number of fused-ring (bicyclic) bond motifs is 1. The summed E-state index contributed by atoms with van der Waals surface area (Å²) in [4.78, 5) is 41.6. The fourth-order valence-corrected chi connectivity index (χ4v) is 3.96. The first-order chi connectivity index (χ1) is 18.8. The summed E-state index contributed by atoms with van der Waals surface area (Å²) in [6, 6.07) is 7.74. The zero-order chi connectivity index (χ0) is 29.2. The van der Waals surface area contributed by atoms with Gasteiger partial charge < -0.3 is 26.2 Å². The topological polar surface area (TPSA) is 157 Å². The Morgan fingerprint density at radius 2 is 1.88 bits per heavy atom. The first kappa shape index (κ1) is 28.1. The van der Waals surface area contributed by atoms with E-state index in [0.29, 0.717) is 16.5 Å². The minimum Gasteiger partial charge on any atom is -0.399 e. The molecule has 0 aliphatic heterocycles. The van der Waals surface area contributed by atoms with Crippen molar-refractivity contribution in [1.82, 2.24) is 20.0 Å².